The molecule has 0 N–H and O–H groups in total. The molecule has 0 aromatic carbocycles. The van der Waals surface area contributed by atoms with E-state index in [1.54, 1.807) is 0 Å². The smallest absolute Gasteiger partial charge is 0.264 e. The van der Waals surface area contributed by atoms with Gasteiger partial charge in [0.1, 0.15) is 10.1 Å². The van der Waals surface area contributed by atoms with Gasteiger partial charge in [0.15, 0.2) is 0 Å². The van der Waals surface area contributed by atoms with Crippen molar-refractivity contribution < 1.29 is 70.7 Å². The van der Waals surface area contributed by atoms with Crippen molar-refractivity contribution in [1.29, 1.82) is 0 Å². The summed E-state index contributed by atoms with van der Waals surface area (Å²) in [5.74, 6) is -3.57. The molecule has 0 amide bonds. The predicted octanol–water partition coefficient (Wildman–Crippen LogP) is 8.14. The monoisotopic (exact) mass is 563 g/mol. The second-order valence-electron chi connectivity index (χ2n) is 4.60. The predicted molar refractivity (Wildman–Crippen MR) is 78.8 cm³/mol. The molecule has 0 atom stereocenters. The van der Waals surface area contributed by atoms with Crippen LogP contribution in [0.1, 0.15) is 4.79 Å². The molecule has 1 rings (SSSR count). The Bertz CT molecular complexity index is 759. The summed E-state index contributed by atoms with van der Waals surface area (Å²) in [5.41, 5.74) is -23.1. The van der Waals surface area contributed by atoms with Gasteiger partial charge in [-0.05, 0) is 23.5 Å². The highest BCUT2D eigenvalue weighted by molar-refractivity contribution is 8.05. The largest absolute Gasteiger partial charge is 0.472 e. The fourth-order valence-electron chi connectivity index (χ4n) is 1.62. The summed E-state index contributed by atoms with van der Waals surface area (Å²) in [7, 11) is 0. The lowest BCUT2D eigenvalue weighted by Crippen LogP contribution is -2.30. The van der Waals surface area contributed by atoms with E-state index in [4.69, 9.17) is 0 Å². The highest BCUT2D eigenvalue weighted by Crippen LogP contribution is 2.58. The second-order valence-corrected chi connectivity index (χ2v) is 8.86. The third-order valence-electron chi connectivity index (χ3n) is 2.31. The van der Waals surface area contributed by atoms with E-state index in [0.717, 1.165) is 0 Å². The molecule has 0 aliphatic carbocycles. The molecule has 0 aliphatic rings. The van der Waals surface area contributed by atoms with Crippen LogP contribution in [-0.2, 0) is 0 Å². The molecule has 0 bridgehead atoms. The fourth-order valence-corrected chi connectivity index (χ4v) is 5.11. The van der Waals surface area contributed by atoms with Gasteiger partial charge in [-0.25, -0.2) is 0 Å². The van der Waals surface area contributed by atoms with Crippen LogP contribution in [-0.4, -0.2) is 38.7 Å². The van der Waals surface area contributed by atoms with Crippen molar-refractivity contribution >= 4 is 53.0 Å². The molecule has 0 radical (unpaired) electrons. The molecular formula is C10F15NOS4. The van der Waals surface area contributed by atoms with E-state index in [1.807, 2.05) is 0 Å². The number of alkyl halides is 15. The van der Waals surface area contributed by atoms with E-state index in [1.165, 1.54) is 0 Å². The number of aromatic nitrogens is 1. The van der Waals surface area contributed by atoms with E-state index in [0.29, 0.717) is 0 Å². The quantitative estimate of drug-likeness (QED) is 0.272. The lowest BCUT2D eigenvalue weighted by Gasteiger charge is -2.15. The SMILES string of the molecule is O=C(n1c(SC(F)(F)F)c(SC(F)(F)F)c(SC(F)(F)F)c1SC(F)(F)F)C(F)(F)F. The standard InChI is InChI=1S/C10F15NOS4/c11-6(12,13)5(27)26-3(30-9(20,21)22)1(28-7(14,15)16)2(29-8(17,18)19)4(26)31-10(23,24)25. The Morgan fingerprint density at radius 3 is 0.968 bits per heavy atom. The van der Waals surface area contributed by atoms with Gasteiger partial charge in [0.05, 0.1) is 9.79 Å². The van der Waals surface area contributed by atoms with Crippen LogP contribution in [0.25, 0.3) is 0 Å². The molecular weight excluding hydrogens is 563 g/mol. The van der Waals surface area contributed by atoms with E-state index < -0.39 is 106 Å². The van der Waals surface area contributed by atoms with Gasteiger partial charge in [-0.1, -0.05) is 0 Å². The molecule has 0 spiro atoms. The summed E-state index contributed by atoms with van der Waals surface area (Å²) in [5, 5.41) is -4.92. The van der Waals surface area contributed by atoms with Gasteiger partial charge in [0.2, 0.25) is 0 Å². The fraction of sp³-hybridized carbons (Fsp3) is 0.500. The van der Waals surface area contributed by atoms with Crippen molar-refractivity contribution in [2.24, 2.45) is 0 Å². The Morgan fingerprint density at radius 1 is 0.516 bits per heavy atom. The minimum absolute atomic E-state index is 1.50. The molecule has 31 heavy (non-hydrogen) atoms. The lowest BCUT2D eigenvalue weighted by atomic mass is 10.6. The number of carbonyl (C=O) groups is 1. The van der Waals surface area contributed by atoms with Gasteiger partial charge in [0, 0.05) is 23.5 Å². The highest BCUT2D eigenvalue weighted by atomic mass is 32.2. The topological polar surface area (TPSA) is 22.0 Å². The molecule has 1 heterocycles. The third kappa shape index (κ3) is 8.98. The number of carbonyl (C=O) groups excluding carboxylic acids is 1. The number of thioether (sulfide) groups is 4. The molecule has 1 aromatic heterocycles. The van der Waals surface area contributed by atoms with Gasteiger partial charge in [0.25, 0.3) is 0 Å². The minimum Gasteiger partial charge on any atom is -0.264 e. The molecule has 0 aliphatic heterocycles. The Kier molecular flexibility index (Phi) is 8.15. The zero-order valence-corrected chi connectivity index (χ0v) is 16.4. The van der Waals surface area contributed by atoms with Crippen LogP contribution < -0.4 is 0 Å². The van der Waals surface area contributed by atoms with Crippen LogP contribution >= 0.6 is 47.0 Å². The average molecular weight is 563 g/mol. The maximum absolute atomic E-state index is 12.8. The third-order valence-corrected chi connectivity index (χ3v) is 5.98. The first-order valence-corrected chi connectivity index (χ1v) is 9.61. The summed E-state index contributed by atoms with van der Waals surface area (Å²) in [6.45, 7) is 0. The first-order valence-electron chi connectivity index (χ1n) is 6.34. The van der Waals surface area contributed by atoms with Crippen molar-refractivity contribution in [3.63, 3.8) is 0 Å². The van der Waals surface area contributed by atoms with Crippen LogP contribution in [0.15, 0.2) is 19.8 Å². The maximum Gasteiger partial charge on any atom is 0.472 e. The number of nitrogens with zero attached hydrogens (tertiary/aromatic N) is 1. The van der Waals surface area contributed by atoms with Gasteiger partial charge in [-0.2, -0.15) is 65.9 Å². The van der Waals surface area contributed by atoms with Crippen molar-refractivity contribution in [1.82, 2.24) is 4.57 Å². The van der Waals surface area contributed by atoms with Crippen molar-refractivity contribution in [2.75, 3.05) is 0 Å². The first kappa shape index (κ1) is 28.3. The van der Waals surface area contributed by atoms with Crippen LogP contribution in [0.4, 0.5) is 65.9 Å². The average Bonchev–Trinajstić information content (AvgIpc) is 2.64. The van der Waals surface area contributed by atoms with E-state index in [9.17, 15) is 70.7 Å². The highest BCUT2D eigenvalue weighted by Gasteiger charge is 2.50. The number of hydrogen-bond donors (Lipinski definition) is 0. The number of rotatable bonds is 4. The normalized spacial score (nSPS) is 14.3. The van der Waals surface area contributed by atoms with Crippen LogP contribution in [0.2, 0.25) is 0 Å². The molecule has 0 unspecified atom stereocenters. The van der Waals surface area contributed by atoms with E-state index in [2.05, 4.69) is 0 Å². The molecule has 2 nitrogen and oxygen atoms in total. The maximum atomic E-state index is 12.8. The van der Waals surface area contributed by atoms with Crippen LogP contribution in [0, 0.1) is 0 Å². The molecule has 0 saturated heterocycles. The second kappa shape index (κ2) is 8.92. The van der Waals surface area contributed by atoms with Gasteiger partial charge < -0.3 is 0 Å². The summed E-state index contributed by atoms with van der Waals surface area (Å²) in [6, 6.07) is 0. The molecule has 180 valence electrons. The Morgan fingerprint density at radius 2 is 0.774 bits per heavy atom. The Balaban J connectivity index is 4.12. The van der Waals surface area contributed by atoms with Crippen molar-refractivity contribution in [2.45, 2.75) is 48.1 Å². The Labute approximate surface area is 176 Å². The van der Waals surface area contributed by atoms with Gasteiger partial charge >= 0.3 is 34.1 Å². The first-order chi connectivity index (χ1) is 13.4. The summed E-state index contributed by atoms with van der Waals surface area (Å²) in [4.78, 5) is 6.86. The number of hydrogen-bond acceptors (Lipinski definition) is 5. The van der Waals surface area contributed by atoms with Crippen molar-refractivity contribution in [3.05, 3.63) is 0 Å². The minimum atomic E-state index is -6.26. The molecule has 0 fully saturated rings. The van der Waals surface area contributed by atoms with E-state index >= 15 is 0 Å². The van der Waals surface area contributed by atoms with E-state index in [-0.39, 0.29) is 0 Å². The summed E-state index contributed by atoms with van der Waals surface area (Å²) in [6.07, 6.45) is -6.26. The zero-order chi connectivity index (χ0) is 24.8. The van der Waals surface area contributed by atoms with Crippen LogP contribution in [0.5, 0.6) is 0 Å². The summed E-state index contributed by atoms with van der Waals surface area (Å²) < 4.78 is 189. The van der Waals surface area contributed by atoms with Gasteiger partial charge in [-0.3, -0.25) is 9.36 Å². The molecule has 21 heteroatoms. The zero-order valence-electron chi connectivity index (χ0n) is 13.2. The van der Waals surface area contributed by atoms with Crippen LogP contribution in [0.3, 0.4) is 0 Å². The Hall–Kier alpha value is -0.700. The van der Waals surface area contributed by atoms with Crippen molar-refractivity contribution in [3.8, 4) is 0 Å². The van der Waals surface area contributed by atoms with Gasteiger partial charge in [-0.15, -0.1) is 0 Å². The molecule has 1 aromatic rings. The molecule has 0 saturated carbocycles. The summed E-state index contributed by atoms with van der Waals surface area (Å²) >= 11 is -7.50. The number of halogens is 15. The lowest BCUT2D eigenvalue weighted by molar-refractivity contribution is -0.0961.